The van der Waals surface area contributed by atoms with Crippen molar-refractivity contribution in [3.05, 3.63) is 24.3 Å². The van der Waals surface area contributed by atoms with Crippen molar-refractivity contribution in [2.24, 2.45) is 0 Å². The molecule has 2 heteroatoms. The van der Waals surface area contributed by atoms with E-state index in [1.165, 1.54) is 38.9 Å². The van der Waals surface area contributed by atoms with Crippen LogP contribution in [0.15, 0.2) is 24.3 Å². The van der Waals surface area contributed by atoms with E-state index < -0.39 is 0 Å². The van der Waals surface area contributed by atoms with E-state index in [1.54, 1.807) is 0 Å². The summed E-state index contributed by atoms with van der Waals surface area (Å²) >= 11 is 0. The van der Waals surface area contributed by atoms with Crippen molar-refractivity contribution >= 4 is 0 Å². The lowest BCUT2D eigenvalue weighted by atomic mass is 10.1. The quantitative estimate of drug-likeness (QED) is 0.523. The Kier molecular flexibility index (Phi) is 5.10. The van der Waals surface area contributed by atoms with Gasteiger partial charge in [0, 0.05) is 13.2 Å². The largest absolute Gasteiger partial charge is 0.370 e. The summed E-state index contributed by atoms with van der Waals surface area (Å²) in [5, 5.41) is 0. The highest BCUT2D eigenvalue weighted by molar-refractivity contribution is 5.10. The summed E-state index contributed by atoms with van der Waals surface area (Å²) in [6.07, 6.45) is 15.3. The average molecular weight is 221 g/mol. The first-order valence-corrected chi connectivity index (χ1v) is 6.62. The highest BCUT2D eigenvalue weighted by Crippen LogP contribution is 2.09. The zero-order valence-electron chi connectivity index (χ0n) is 10.1. The standard InChI is InChI=1S/C14H23NO/c1-3-8-14(9-4-1)16-13-7-12-15-10-5-2-6-11-15/h3-4,8-9,14H,1-2,5-7,10-13H2. The van der Waals surface area contributed by atoms with Crippen LogP contribution < -0.4 is 0 Å². The number of hydrogen-bond donors (Lipinski definition) is 0. The molecule has 2 rings (SSSR count). The number of piperidine rings is 1. The molecule has 0 unspecified atom stereocenters. The predicted octanol–water partition coefficient (Wildman–Crippen LogP) is 2.76. The number of allylic oxidation sites excluding steroid dienone is 2. The Morgan fingerprint density at radius 3 is 2.56 bits per heavy atom. The van der Waals surface area contributed by atoms with Gasteiger partial charge in [0.05, 0.1) is 6.10 Å². The Bertz CT molecular complexity index is 229. The third-order valence-electron chi connectivity index (χ3n) is 3.30. The highest BCUT2D eigenvalue weighted by atomic mass is 16.5. The van der Waals surface area contributed by atoms with Crippen molar-refractivity contribution in [2.45, 2.75) is 38.2 Å². The predicted molar refractivity (Wildman–Crippen MR) is 67.5 cm³/mol. The van der Waals surface area contributed by atoms with Crippen molar-refractivity contribution in [3.63, 3.8) is 0 Å². The molecule has 0 amide bonds. The molecule has 0 spiro atoms. The van der Waals surface area contributed by atoms with Crippen LogP contribution in [-0.4, -0.2) is 37.2 Å². The first-order chi connectivity index (χ1) is 7.95. The first kappa shape index (κ1) is 11.9. The van der Waals surface area contributed by atoms with Crippen LogP contribution in [0.5, 0.6) is 0 Å². The third-order valence-corrected chi connectivity index (χ3v) is 3.30. The highest BCUT2D eigenvalue weighted by Gasteiger charge is 2.09. The molecule has 0 aromatic carbocycles. The fourth-order valence-corrected chi connectivity index (χ4v) is 2.37. The zero-order chi connectivity index (χ0) is 11.1. The third kappa shape index (κ3) is 4.11. The Morgan fingerprint density at radius 1 is 1.06 bits per heavy atom. The molecule has 1 fully saturated rings. The van der Waals surface area contributed by atoms with Crippen LogP contribution in [-0.2, 0) is 4.74 Å². The molecule has 0 atom stereocenters. The number of nitrogens with zero attached hydrogens (tertiary/aromatic N) is 1. The van der Waals surface area contributed by atoms with Gasteiger partial charge in [0.15, 0.2) is 0 Å². The molecule has 1 aliphatic heterocycles. The summed E-state index contributed by atoms with van der Waals surface area (Å²) in [6, 6.07) is 0. The molecule has 16 heavy (non-hydrogen) atoms. The maximum Gasteiger partial charge on any atom is 0.0937 e. The van der Waals surface area contributed by atoms with Crippen LogP contribution >= 0.6 is 0 Å². The van der Waals surface area contributed by atoms with E-state index in [-0.39, 0.29) is 6.10 Å². The minimum absolute atomic E-state index is 0.232. The van der Waals surface area contributed by atoms with Gasteiger partial charge in [-0.05, 0) is 38.8 Å². The van der Waals surface area contributed by atoms with Crippen molar-refractivity contribution in [2.75, 3.05) is 26.2 Å². The lowest BCUT2D eigenvalue weighted by molar-refractivity contribution is 0.0998. The zero-order valence-corrected chi connectivity index (χ0v) is 10.1. The van der Waals surface area contributed by atoms with E-state index in [0.717, 1.165) is 19.4 Å². The molecule has 0 aromatic heterocycles. The molecule has 1 saturated heterocycles. The van der Waals surface area contributed by atoms with E-state index in [2.05, 4.69) is 29.2 Å². The van der Waals surface area contributed by atoms with Gasteiger partial charge in [-0.1, -0.05) is 30.7 Å². The van der Waals surface area contributed by atoms with Crippen LogP contribution in [0.3, 0.4) is 0 Å². The fourth-order valence-electron chi connectivity index (χ4n) is 2.37. The maximum absolute atomic E-state index is 5.77. The van der Waals surface area contributed by atoms with E-state index >= 15 is 0 Å². The number of rotatable bonds is 5. The molecule has 0 saturated carbocycles. The van der Waals surface area contributed by atoms with E-state index in [9.17, 15) is 0 Å². The Balaban J connectivity index is 1.52. The minimum Gasteiger partial charge on any atom is -0.370 e. The molecule has 0 N–H and O–H groups in total. The van der Waals surface area contributed by atoms with Crippen molar-refractivity contribution in [1.29, 1.82) is 0 Å². The normalized spacial score (nSPS) is 22.8. The van der Waals surface area contributed by atoms with Gasteiger partial charge in [0.2, 0.25) is 0 Å². The van der Waals surface area contributed by atoms with Gasteiger partial charge in [-0.15, -0.1) is 0 Å². The molecule has 0 bridgehead atoms. The van der Waals surface area contributed by atoms with Crippen molar-refractivity contribution in [3.8, 4) is 0 Å². The number of ether oxygens (including phenoxy) is 1. The SMILES string of the molecule is C1=CC(OCCCN2CCCCC2)C=CC1. The van der Waals surface area contributed by atoms with Gasteiger partial charge >= 0.3 is 0 Å². The molecule has 90 valence electrons. The van der Waals surface area contributed by atoms with Crippen LogP contribution in [0.2, 0.25) is 0 Å². The Hall–Kier alpha value is -0.600. The summed E-state index contributed by atoms with van der Waals surface area (Å²) in [7, 11) is 0. The van der Waals surface area contributed by atoms with Crippen LogP contribution in [0.1, 0.15) is 32.1 Å². The molecule has 2 nitrogen and oxygen atoms in total. The average Bonchev–Trinajstić information content (AvgIpc) is 2.37. The van der Waals surface area contributed by atoms with E-state index in [1.807, 2.05) is 0 Å². The second-order valence-electron chi connectivity index (χ2n) is 4.68. The second-order valence-corrected chi connectivity index (χ2v) is 4.68. The Morgan fingerprint density at radius 2 is 1.81 bits per heavy atom. The van der Waals surface area contributed by atoms with Gasteiger partial charge in [-0.25, -0.2) is 0 Å². The van der Waals surface area contributed by atoms with Gasteiger partial charge in [0.25, 0.3) is 0 Å². The second kappa shape index (κ2) is 6.87. The molecule has 2 aliphatic rings. The van der Waals surface area contributed by atoms with Gasteiger partial charge < -0.3 is 9.64 Å². The summed E-state index contributed by atoms with van der Waals surface area (Å²) in [4.78, 5) is 2.57. The fraction of sp³-hybridized carbons (Fsp3) is 0.714. The summed E-state index contributed by atoms with van der Waals surface area (Å²) in [5.41, 5.74) is 0. The lowest BCUT2D eigenvalue weighted by Crippen LogP contribution is -2.31. The van der Waals surface area contributed by atoms with Gasteiger partial charge in [-0.3, -0.25) is 0 Å². The molecule has 1 aliphatic carbocycles. The minimum atomic E-state index is 0.232. The summed E-state index contributed by atoms with van der Waals surface area (Å²) in [5.74, 6) is 0. The number of likely N-dealkylation sites (tertiary alicyclic amines) is 1. The maximum atomic E-state index is 5.77. The van der Waals surface area contributed by atoms with Crippen LogP contribution in [0, 0.1) is 0 Å². The monoisotopic (exact) mass is 221 g/mol. The molecule has 0 aromatic rings. The smallest absolute Gasteiger partial charge is 0.0937 e. The summed E-state index contributed by atoms with van der Waals surface area (Å²) in [6.45, 7) is 4.68. The van der Waals surface area contributed by atoms with Gasteiger partial charge in [-0.2, -0.15) is 0 Å². The molecule has 0 radical (unpaired) electrons. The molecular weight excluding hydrogens is 198 g/mol. The van der Waals surface area contributed by atoms with E-state index in [4.69, 9.17) is 4.74 Å². The van der Waals surface area contributed by atoms with Crippen molar-refractivity contribution < 1.29 is 4.74 Å². The van der Waals surface area contributed by atoms with E-state index in [0.29, 0.717) is 0 Å². The summed E-state index contributed by atoms with van der Waals surface area (Å²) < 4.78 is 5.77. The topological polar surface area (TPSA) is 12.5 Å². The number of hydrogen-bond acceptors (Lipinski definition) is 2. The van der Waals surface area contributed by atoms with Crippen molar-refractivity contribution in [1.82, 2.24) is 4.90 Å². The van der Waals surface area contributed by atoms with Crippen LogP contribution in [0.4, 0.5) is 0 Å². The molecular formula is C14H23NO. The first-order valence-electron chi connectivity index (χ1n) is 6.62. The lowest BCUT2D eigenvalue weighted by Gasteiger charge is -2.26. The van der Waals surface area contributed by atoms with Gasteiger partial charge in [0.1, 0.15) is 0 Å². The Labute approximate surface area is 99.0 Å². The van der Waals surface area contributed by atoms with Crippen LogP contribution in [0.25, 0.3) is 0 Å². The molecule has 1 heterocycles.